The van der Waals surface area contributed by atoms with E-state index in [1.54, 1.807) is 0 Å². The topological polar surface area (TPSA) is 29.4 Å². The molecule has 0 radical (unpaired) electrons. The number of hydrogen-bond acceptors (Lipinski definition) is 2. The van der Waals surface area contributed by atoms with Gasteiger partial charge in [-0.15, -0.1) is 4.91 Å². The zero-order valence-electron chi connectivity index (χ0n) is 4.22. The van der Waals surface area contributed by atoms with Crippen LogP contribution in [0.4, 0.5) is 0 Å². The van der Waals surface area contributed by atoms with E-state index in [9.17, 15) is 4.91 Å². The Kier molecular flexibility index (Phi) is 4.70. The van der Waals surface area contributed by atoms with Gasteiger partial charge < -0.3 is 0 Å². The molecule has 0 aliphatic heterocycles. The van der Waals surface area contributed by atoms with E-state index in [0.29, 0.717) is 0 Å². The molecular weight excluding hydrogens is 205 g/mol. The van der Waals surface area contributed by atoms with E-state index in [1.165, 1.54) is 0 Å². The normalized spacial score (nSPS) is 13.4. The predicted octanol–water partition coefficient (Wildman–Crippen LogP) is 2.31. The number of halogens is 1. The molecule has 2 nitrogen and oxygen atoms in total. The average Bonchev–Trinajstić information content (AvgIpc) is 1.68. The molecule has 0 unspecified atom stereocenters. The molecule has 0 heterocycles. The summed E-state index contributed by atoms with van der Waals surface area (Å²) in [5.41, 5.74) is 0. The van der Waals surface area contributed by atoms with Crippen LogP contribution in [0.2, 0.25) is 0 Å². The van der Waals surface area contributed by atoms with Crippen LogP contribution in [-0.4, -0.2) is 4.05 Å². The number of rotatable bonds is 3. The van der Waals surface area contributed by atoms with Crippen LogP contribution in [0.25, 0.3) is 0 Å². The quantitative estimate of drug-likeness (QED) is 0.306. The molecule has 0 aliphatic rings. The van der Waals surface area contributed by atoms with Crippen LogP contribution < -0.4 is 0 Å². The second-order valence-electron chi connectivity index (χ2n) is 1.33. The molecule has 42 valence electrons. The molecule has 0 aromatic carbocycles. The summed E-state index contributed by atoms with van der Waals surface area (Å²) < 4.78 is -0.0115. The average molecular weight is 213 g/mol. The van der Waals surface area contributed by atoms with Crippen molar-refractivity contribution >= 4 is 22.6 Å². The summed E-state index contributed by atoms with van der Waals surface area (Å²) in [6.07, 6.45) is 1.95. The standard InChI is InChI=1S/C4H8INO/c1-2-3-4(5)6-7/h4H,2-3H2,1H3/t4-/m0/s1. The van der Waals surface area contributed by atoms with E-state index in [1.807, 2.05) is 29.5 Å². The first-order valence-corrected chi connectivity index (χ1v) is 3.52. The van der Waals surface area contributed by atoms with Crippen molar-refractivity contribution in [3.8, 4) is 0 Å². The Balaban J connectivity index is 2.98. The molecule has 0 bridgehead atoms. The van der Waals surface area contributed by atoms with Gasteiger partial charge in [0.15, 0.2) is 0 Å². The monoisotopic (exact) mass is 213 g/mol. The zero-order chi connectivity index (χ0) is 5.70. The number of nitroso groups, excluding NO2 is 1. The lowest BCUT2D eigenvalue weighted by molar-refractivity contribution is 0.783. The van der Waals surface area contributed by atoms with Crippen LogP contribution in [0.1, 0.15) is 19.8 Å². The van der Waals surface area contributed by atoms with Gasteiger partial charge in [-0.1, -0.05) is 41.1 Å². The Morgan fingerprint density at radius 3 is 2.57 bits per heavy atom. The van der Waals surface area contributed by atoms with Gasteiger partial charge in [0.1, 0.15) is 4.05 Å². The molecular formula is C4H8INO. The van der Waals surface area contributed by atoms with E-state index >= 15 is 0 Å². The number of alkyl halides is 1. The highest BCUT2D eigenvalue weighted by molar-refractivity contribution is 14.1. The van der Waals surface area contributed by atoms with E-state index in [2.05, 4.69) is 5.18 Å². The van der Waals surface area contributed by atoms with Gasteiger partial charge in [0, 0.05) is 0 Å². The minimum atomic E-state index is -0.0115. The summed E-state index contributed by atoms with van der Waals surface area (Å²) in [6.45, 7) is 2.04. The van der Waals surface area contributed by atoms with Crippen molar-refractivity contribution in [1.29, 1.82) is 0 Å². The maximum Gasteiger partial charge on any atom is 0.143 e. The van der Waals surface area contributed by atoms with Crippen molar-refractivity contribution in [2.24, 2.45) is 5.18 Å². The van der Waals surface area contributed by atoms with Crippen LogP contribution in [0.3, 0.4) is 0 Å². The van der Waals surface area contributed by atoms with Crippen LogP contribution in [-0.2, 0) is 0 Å². The lowest BCUT2D eigenvalue weighted by Gasteiger charge is -1.91. The fourth-order valence-electron chi connectivity index (χ4n) is 0.291. The summed E-state index contributed by atoms with van der Waals surface area (Å²) in [4.78, 5) is 9.64. The second kappa shape index (κ2) is 4.49. The number of nitrogens with zero attached hydrogens (tertiary/aromatic N) is 1. The minimum absolute atomic E-state index is 0.0115. The van der Waals surface area contributed by atoms with E-state index in [0.717, 1.165) is 12.8 Å². The Hall–Kier alpha value is 0.330. The molecule has 0 aromatic heterocycles. The van der Waals surface area contributed by atoms with Crippen LogP contribution in [0.5, 0.6) is 0 Å². The van der Waals surface area contributed by atoms with E-state index in [-0.39, 0.29) is 4.05 Å². The lowest BCUT2D eigenvalue weighted by atomic mass is 10.3. The smallest absolute Gasteiger partial charge is 0.143 e. The highest BCUT2D eigenvalue weighted by atomic mass is 127. The molecule has 0 aromatic rings. The van der Waals surface area contributed by atoms with Crippen LogP contribution in [0.15, 0.2) is 5.18 Å². The Morgan fingerprint density at radius 1 is 1.86 bits per heavy atom. The van der Waals surface area contributed by atoms with Gasteiger partial charge in [-0.3, -0.25) is 0 Å². The van der Waals surface area contributed by atoms with Crippen molar-refractivity contribution < 1.29 is 0 Å². The van der Waals surface area contributed by atoms with E-state index < -0.39 is 0 Å². The van der Waals surface area contributed by atoms with Gasteiger partial charge in [-0.25, -0.2) is 0 Å². The molecule has 3 heteroatoms. The van der Waals surface area contributed by atoms with Crippen molar-refractivity contribution in [3.63, 3.8) is 0 Å². The molecule has 0 N–H and O–H groups in total. The molecule has 0 amide bonds. The fraction of sp³-hybridized carbons (Fsp3) is 1.00. The molecule has 0 saturated carbocycles. The van der Waals surface area contributed by atoms with Crippen LogP contribution in [0, 0.1) is 4.91 Å². The van der Waals surface area contributed by atoms with Gasteiger partial charge >= 0.3 is 0 Å². The Bertz CT molecular complexity index is 57.7. The van der Waals surface area contributed by atoms with Gasteiger partial charge in [0.2, 0.25) is 0 Å². The lowest BCUT2D eigenvalue weighted by Crippen LogP contribution is -1.87. The third-order valence-electron chi connectivity index (χ3n) is 0.641. The summed E-state index contributed by atoms with van der Waals surface area (Å²) >= 11 is 2.03. The predicted molar refractivity (Wildman–Crippen MR) is 38.5 cm³/mol. The first-order valence-electron chi connectivity index (χ1n) is 2.27. The molecule has 0 aliphatic carbocycles. The van der Waals surface area contributed by atoms with Crippen molar-refractivity contribution in [3.05, 3.63) is 4.91 Å². The molecule has 0 saturated heterocycles. The highest BCUT2D eigenvalue weighted by Crippen LogP contribution is 2.07. The molecule has 1 atom stereocenters. The zero-order valence-corrected chi connectivity index (χ0v) is 6.38. The summed E-state index contributed by atoms with van der Waals surface area (Å²) in [5.74, 6) is 0. The molecule has 0 rings (SSSR count). The summed E-state index contributed by atoms with van der Waals surface area (Å²) in [5, 5.41) is 2.81. The summed E-state index contributed by atoms with van der Waals surface area (Å²) in [6, 6.07) is 0. The van der Waals surface area contributed by atoms with Gasteiger partial charge in [-0.05, 0) is 6.42 Å². The number of hydrogen-bond donors (Lipinski definition) is 0. The highest BCUT2D eigenvalue weighted by Gasteiger charge is 1.96. The first kappa shape index (κ1) is 7.33. The first-order chi connectivity index (χ1) is 3.31. The molecule has 0 spiro atoms. The summed E-state index contributed by atoms with van der Waals surface area (Å²) in [7, 11) is 0. The van der Waals surface area contributed by atoms with Gasteiger partial charge in [-0.2, -0.15) is 0 Å². The fourth-order valence-corrected chi connectivity index (χ4v) is 0.914. The third-order valence-corrected chi connectivity index (χ3v) is 1.49. The maximum absolute atomic E-state index is 9.64. The second-order valence-corrected chi connectivity index (χ2v) is 2.77. The van der Waals surface area contributed by atoms with Gasteiger partial charge in [0.25, 0.3) is 0 Å². The van der Waals surface area contributed by atoms with Crippen molar-refractivity contribution in [2.45, 2.75) is 23.8 Å². The van der Waals surface area contributed by atoms with Crippen molar-refractivity contribution in [1.82, 2.24) is 0 Å². The Morgan fingerprint density at radius 2 is 2.43 bits per heavy atom. The molecule has 7 heavy (non-hydrogen) atoms. The Labute approximate surface area is 56.8 Å². The molecule has 0 fully saturated rings. The van der Waals surface area contributed by atoms with Gasteiger partial charge in [0.05, 0.1) is 0 Å². The SMILES string of the molecule is CCC[C@@H](I)N=O. The minimum Gasteiger partial charge on any atom is -0.150 e. The van der Waals surface area contributed by atoms with E-state index in [4.69, 9.17) is 0 Å². The van der Waals surface area contributed by atoms with Crippen molar-refractivity contribution in [2.75, 3.05) is 0 Å². The van der Waals surface area contributed by atoms with Crippen LogP contribution >= 0.6 is 22.6 Å². The maximum atomic E-state index is 9.64. The third kappa shape index (κ3) is 4.18. The largest absolute Gasteiger partial charge is 0.150 e.